The third-order valence-electron chi connectivity index (χ3n) is 4.21. The van der Waals surface area contributed by atoms with Gasteiger partial charge in [0.25, 0.3) is 0 Å². The molecule has 0 bridgehead atoms. The van der Waals surface area contributed by atoms with Crippen LogP contribution in [0.3, 0.4) is 0 Å². The summed E-state index contributed by atoms with van der Waals surface area (Å²) < 4.78 is 0. The number of amides is 1. The maximum absolute atomic E-state index is 12.6. The quantitative estimate of drug-likeness (QED) is 0.724. The zero-order valence-corrected chi connectivity index (χ0v) is 14.9. The molecule has 22 heavy (non-hydrogen) atoms. The van der Waals surface area contributed by atoms with Gasteiger partial charge in [-0.15, -0.1) is 11.8 Å². The van der Waals surface area contributed by atoms with E-state index in [0.717, 1.165) is 29.2 Å². The lowest BCUT2D eigenvalue weighted by molar-refractivity contribution is -0.121. The normalized spacial score (nSPS) is 18.3. The molecule has 2 nitrogen and oxygen atoms in total. The Hall–Kier alpha value is -0.670. The molecular weight excluding hydrogens is 314 g/mol. The van der Waals surface area contributed by atoms with E-state index >= 15 is 0 Å². The molecule has 0 unspecified atom stereocenters. The van der Waals surface area contributed by atoms with Crippen molar-refractivity contribution in [3.63, 3.8) is 0 Å². The second-order valence-electron chi connectivity index (χ2n) is 6.02. The zero-order valence-electron chi connectivity index (χ0n) is 13.3. The Kier molecular flexibility index (Phi) is 7.61. The molecule has 0 spiro atoms. The van der Waals surface area contributed by atoms with E-state index in [4.69, 9.17) is 11.6 Å². The molecule has 1 amide bonds. The van der Waals surface area contributed by atoms with Gasteiger partial charge in [-0.1, -0.05) is 50.6 Å². The first-order valence-corrected chi connectivity index (χ1v) is 9.67. The Balaban J connectivity index is 1.88. The minimum atomic E-state index is -0.0217. The number of benzene rings is 1. The van der Waals surface area contributed by atoms with Crippen LogP contribution in [-0.2, 0) is 4.79 Å². The highest BCUT2D eigenvalue weighted by Crippen LogP contribution is 2.27. The van der Waals surface area contributed by atoms with Gasteiger partial charge in [-0.05, 0) is 43.5 Å². The van der Waals surface area contributed by atoms with Crippen LogP contribution in [0.4, 0.5) is 0 Å². The van der Waals surface area contributed by atoms with Crippen LogP contribution >= 0.6 is 23.4 Å². The molecule has 1 aromatic carbocycles. The molecule has 1 saturated carbocycles. The SMILES string of the molecule is CC[C@@H](Sc1ccc(Cl)cc1)C(=O)NC1CCCCCCC1. The molecule has 1 aliphatic rings. The van der Waals surface area contributed by atoms with Crippen molar-refractivity contribution in [1.82, 2.24) is 5.32 Å². The second-order valence-corrected chi connectivity index (χ2v) is 7.73. The average molecular weight is 340 g/mol. The van der Waals surface area contributed by atoms with Crippen molar-refractivity contribution in [1.29, 1.82) is 0 Å². The van der Waals surface area contributed by atoms with Gasteiger partial charge in [0.05, 0.1) is 5.25 Å². The van der Waals surface area contributed by atoms with Gasteiger partial charge in [0.2, 0.25) is 5.91 Å². The number of carbonyl (C=O) groups excluding carboxylic acids is 1. The highest BCUT2D eigenvalue weighted by Gasteiger charge is 2.21. The zero-order chi connectivity index (χ0) is 15.8. The molecule has 122 valence electrons. The van der Waals surface area contributed by atoms with Gasteiger partial charge in [0.15, 0.2) is 0 Å². The van der Waals surface area contributed by atoms with Crippen LogP contribution in [0.1, 0.15) is 58.3 Å². The summed E-state index contributed by atoms with van der Waals surface area (Å²) >= 11 is 7.55. The topological polar surface area (TPSA) is 29.1 Å². The van der Waals surface area contributed by atoms with Crippen molar-refractivity contribution >= 4 is 29.3 Å². The predicted octanol–water partition coefficient (Wildman–Crippen LogP) is 5.44. The summed E-state index contributed by atoms with van der Waals surface area (Å²) in [5, 5.41) is 3.99. The molecular formula is C18H26ClNOS. The van der Waals surface area contributed by atoms with E-state index < -0.39 is 0 Å². The van der Waals surface area contributed by atoms with Crippen LogP contribution in [0.25, 0.3) is 0 Å². The molecule has 0 heterocycles. The Morgan fingerprint density at radius 1 is 1.18 bits per heavy atom. The van der Waals surface area contributed by atoms with Crippen molar-refractivity contribution < 1.29 is 4.79 Å². The van der Waals surface area contributed by atoms with E-state index in [1.165, 1.54) is 32.1 Å². The van der Waals surface area contributed by atoms with E-state index in [1.54, 1.807) is 11.8 Å². The predicted molar refractivity (Wildman–Crippen MR) is 95.6 cm³/mol. The molecule has 4 heteroatoms. The summed E-state index contributed by atoms with van der Waals surface area (Å²) in [4.78, 5) is 13.7. The summed E-state index contributed by atoms with van der Waals surface area (Å²) in [6.45, 7) is 2.07. The van der Waals surface area contributed by atoms with Gasteiger partial charge in [-0.25, -0.2) is 0 Å². The first-order chi connectivity index (χ1) is 10.7. The number of nitrogens with one attached hydrogen (secondary N) is 1. The maximum Gasteiger partial charge on any atom is 0.233 e. The van der Waals surface area contributed by atoms with Crippen LogP contribution in [-0.4, -0.2) is 17.2 Å². The third kappa shape index (κ3) is 5.85. The Labute approximate surface area is 143 Å². The molecule has 2 rings (SSSR count). The van der Waals surface area contributed by atoms with E-state index in [1.807, 2.05) is 24.3 Å². The minimum Gasteiger partial charge on any atom is -0.352 e. The van der Waals surface area contributed by atoms with E-state index in [2.05, 4.69) is 12.2 Å². The fourth-order valence-electron chi connectivity index (χ4n) is 2.89. The van der Waals surface area contributed by atoms with Crippen molar-refractivity contribution in [3.8, 4) is 0 Å². The van der Waals surface area contributed by atoms with Crippen LogP contribution in [0, 0.1) is 0 Å². The highest BCUT2D eigenvalue weighted by molar-refractivity contribution is 8.00. The average Bonchev–Trinajstić information content (AvgIpc) is 2.49. The number of carbonyl (C=O) groups is 1. The number of hydrogen-bond acceptors (Lipinski definition) is 2. The van der Waals surface area contributed by atoms with Crippen molar-refractivity contribution in [3.05, 3.63) is 29.3 Å². The molecule has 1 aromatic rings. The Morgan fingerprint density at radius 3 is 2.36 bits per heavy atom. The fraction of sp³-hybridized carbons (Fsp3) is 0.611. The molecule has 1 atom stereocenters. The molecule has 1 aliphatic carbocycles. The number of rotatable bonds is 5. The standard InChI is InChI=1S/C18H26ClNOS/c1-2-17(22-16-12-10-14(19)11-13-16)18(21)20-15-8-6-4-3-5-7-9-15/h10-13,15,17H,2-9H2,1H3,(H,20,21)/t17-/m1/s1. The second kappa shape index (κ2) is 9.46. The third-order valence-corrected chi connectivity index (χ3v) is 5.83. The molecule has 0 aliphatic heterocycles. The number of hydrogen-bond donors (Lipinski definition) is 1. The van der Waals surface area contributed by atoms with Crippen molar-refractivity contribution in [2.75, 3.05) is 0 Å². The summed E-state index contributed by atoms with van der Waals surface area (Å²) in [6.07, 6.45) is 9.56. The van der Waals surface area contributed by atoms with Crippen LogP contribution < -0.4 is 5.32 Å². The van der Waals surface area contributed by atoms with Gasteiger partial charge in [0, 0.05) is 16.0 Å². The monoisotopic (exact) mass is 339 g/mol. The van der Waals surface area contributed by atoms with E-state index in [9.17, 15) is 4.79 Å². The van der Waals surface area contributed by atoms with Crippen molar-refractivity contribution in [2.45, 2.75) is 74.5 Å². The smallest absolute Gasteiger partial charge is 0.233 e. The van der Waals surface area contributed by atoms with Gasteiger partial charge in [-0.2, -0.15) is 0 Å². The van der Waals surface area contributed by atoms with Crippen LogP contribution in [0.15, 0.2) is 29.2 Å². The summed E-state index contributed by atoms with van der Waals surface area (Å²) in [5.74, 6) is 0.188. The lowest BCUT2D eigenvalue weighted by Gasteiger charge is -2.23. The first-order valence-electron chi connectivity index (χ1n) is 8.41. The highest BCUT2D eigenvalue weighted by atomic mass is 35.5. The summed E-state index contributed by atoms with van der Waals surface area (Å²) in [6, 6.07) is 8.09. The van der Waals surface area contributed by atoms with Gasteiger partial charge < -0.3 is 5.32 Å². The summed E-state index contributed by atoms with van der Waals surface area (Å²) in [7, 11) is 0. The number of thioether (sulfide) groups is 1. The van der Waals surface area contributed by atoms with Crippen LogP contribution in [0.5, 0.6) is 0 Å². The largest absolute Gasteiger partial charge is 0.352 e. The van der Waals surface area contributed by atoms with Gasteiger partial charge >= 0.3 is 0 Å². The van der Waals surface area contributed by atoms with Crippen molar-refractivity contribution in [2.24, 2.45) is 0 Å². The molecule has 0 saturated heterocycles. The van der Waals surface area contributed by atoms with Gasteiger partial charge in [0.1, 0.15) is 0 Å². The minimum absolute atomic E-state index is 0.0217. The molecule has 0 aromatic heterocycles. The summed E-state index contributed by atoms with van der Waals surface area (Å²) in [5.41, 5.74) is 0. The number of halogens is 1. The molecule has 0 radical (unpaired) electrons. The Bertz CT molecular complexity index is 455. The lowest BCUT2D eigenvalue weighted by Crippen LogP contribution is -2.40. The Morgan fingerprint density at radius 2 is 1.77 bits per heavy atom. The van der Waals surface area contributed by atoms with E-state index in [-0.39, 0.29) is 11.2 Å². The van der Waals surface area contributed by atoms with Crippen LogP contribution in [0.2, 0.25) is 5.02 Å². The maximum atomic E-state index is 12.6. The molecule has 1 N–H and O–H groups in total. The molecule has 1 fully saturated rings. The van der Waals surface area contributed by atoms with Gasteiger partial charge in [-0.3, -0.25) is 4.79 Å². The fourth-order valence-corrected chi connectivity index (χ4v) is 3.98. The van der Waals surface area contributed by atoms with E-state index in [0.29, 0.717) is 6.04 Å². The lowest BCUT2D eigenvalue weighted by atomic mass is 9.96. The first kappa shape index (κ1) is 17.7.